The summed E-state index contributed by atoms with van der Waals surface area (Å²) < 4.78 is 0. The van der Waals surface area contributed by atoms with Crippen LogP contribution in [0.15, 0.2) is 0 Å². The Kier molecular flexibility index (Phi) is 46.1. The van der Waals surface area contributed by atoms with Crippen molar-refractivity contribution in [3.63, 3.8) is 0 Å². The van der Waals surface area contributed by atoms with Gasteiger partial charge in [0.15, 0.2) is 0 Å². The van der Waals surface area contributed by atoms with Crippen molar-refractivity contribution in [3.8, 4) is 0 Å². The number of carboxylic acids is 2. The molecule has 0 aliphatic heterocycles. The number of unbranched alkanes of at least 4 members (excludes halogenated alkanes) is 2. The first-order chi connectivity index (χ1) is 13.2. The first-order valence-electron chi connectivity index (χ1n) is 9.81. The van der Waals surface area contributed by atoms with E-state index in [0.29, 0.717) is 26.1 Å². The van der Waals surface area contributed by atoms with Crippen molar-refractivity contribution >= 4 is 23.5 Å². The molecule has 0 fully saturated rings. The van der Waals surface area contributed by atoms with E-state index < -0.39 is 24.8 Å². The Hall–Kier alpha value is -0.917. The minimum Gasteiger partial charge on any atom is -0.550 e. The molecular weight excluding hydrogens is 459 g/mol. The molecule has 0 aromatic heterocycles. The third kappa shape index (κ3) is 58.4. The van der Waals surface area contributed by atoms with Gasteiger partial charge < -0.3 is 30.0 Å². The van der Waals surface area contributed by atoms with Crippen molar-refractivity contribution in [2.75, 3.05) is 13.2 Å². The number of ketones is 2. The van der Waals surface area contributed by atoms with Gasteiger partial charge in [-0.1, -0.05) is 40.5 Å². The molecule has 0 heterocycles. The maximum absolute atomic E-state index is 10.6. The van der Waals surface area contributed by atoms with E-state index in [2.05, 4.69) is 0 Å². The fraction of sp³-hybridized carbons (Fsp3) is 0.800. The summed E-state index contributed by atoms with van der Waals surface area (Å²) in [4.78, 5) is 40.9. The Morgan fingerprint density at radius 2 is 0.862 bits per heavy atom. The van der Waals surface area contributed by atoms with Crippen LogP contribution in [0.3, 0.4) is 0 Å². The Morgan fingerprint density at radius 3 is 1.00 bits per heavy atom. The van der Waals surface area contributed by atoms with Crippen molar-refractivity contribution in [1.82, 2.24) is 0 Å². The summed E-state index contributed by atoms with van der Waals surface area (Å²) in [5, 5.41) is 35.4. The number of aliphatic hydroxyl groups is 2. The molecule has 0 aliphatic carbocycles. The summed E-state index contributed by atoms with van der Waals surface area (Å²) in [5.74, 6) is -3.02. The molecule has 0 saturated heterocycles. The van der Waals surface area contributed by atoms with Crippen molar-refractivity contribution < 1.29 is 65.8 Å². The molecule has 2 N–H and O–H groups in total. The normalized spacial score (nSPS) is 8.48. The van der Waals surface area contributed by atoms with Gasteiger partial charge in [0, 0.05) is 50.8 Å². The van der Waals surface area contributed by atoms with Gasteiger partial charge >= 0.3 is 26.2 Å². The van der Waals surface area contributed by atoms with E-state index in [9.17, 15) is 29.4 Å². The quantitative estimate of drug-likeness (QED) is 0.370. The SMILES string of the molecule is CCCCC(=O)CC(=O)[O-].CCCCC(=O)CC(=O)[O-].CCCO.CCCO.[Zr+2]. The van der Waals surface area contributed by atoms with Gasteiger partial charge in [0.2, 0.25) is 0 Å². The van der Waals surface area contributed by atoms with E-state index in [0.717, 1.165) is 38.5 Å². The average molecular weight is 498 g/mol. The number of carbonyl (C=O) groups is 4. The standard InChI is InChI=1S/2C7H12O3.2C3H8O.Zr/c2*1-2-3-4-6(8)5-7(9)10;2*1-2-3-4;/h2*2-5H2,1H3,(H,9,10);2*4H,2-3H2,1H3;/q;;;;+2/p-2. The molecule has 0 atom stereocenters. The van der Waals surface area contributed by atoms with Crippen LogP contribution in [0.2, 0.25) is 0 Å². The summed E-state index contributed by atoms with van der Waals surface area (Å²) in [6.07, 6.45) is 4.99. The smallest absolute Gasteiger partial charge is 0.550 e. The van der Waals surface area contributed by atoms with Crippen LogP contribution in [0.1, 0.15) is 91.9 Å². The van der Waals surface area contributed by atoms with Gasteiger partial charge in [-0.15, -0.1) is 0 Å². The van der Waals surface area contributed by atoms with E-state index >= 15 is 0 Å². The number of carboxylic acid groups (broad SMARTS) is 2. The van der Waals surface area contributed by atoms with Gasteiger partial charge in [0.25, 0.3) is 0 Å². The van der Waals surface area contributed by atoms with Crippen molar-refractivity contribution in [3.05, 3.63) is 0 Å². The van der Waals surface area contributed by atoms with E-state index in [4.69, 9.17) is 10.2 Å². The molecule has 8 nitrogen and oxygen atoms in total. The van der Waals surface area contributed by atoms with Gasteiger partial charge in [-0.2, -0.15) is 0 Å². The number of carbonyl (C=O) groups excluding carboxylic acids is 4. The minimum absolute atomic E-state index is 0. The Morgan fingerprint density at radius 1 is 0.621 bits per heavy atom. The molecular formula is C20H38O8Zr. The number of Topliss-reactive ketones (excluding diaryl/α,β-unsaturated/α-hetero) is 2. The van der Waals surface area contributed by atoms with Gasteiger partial charge in [-0.05, 0) is 25.7 Å². The largest absolute Gasteiger partial charge is 2.00 e. The minimum atomic E-state index is -1.28. The zero-order valence-electron chi connectivity index (χ0n) is 18.3. The van der Waals surface area contributed by atoms with Crippen molar-refractivity contribution in [1.29, 1.82) is 0 Å². The molecule has 0 aliphatic rings. The first-order valence-corrected chi connectivity index (χ1v) is 9.81. The summed E-state index contributed by atoms with van der Waals surface area (Å²) >= 11 is 0. The first kappa shape index (κ1) is 38.7. The van der Waals surface area contributed by atoms with Crippen LogP contribution in [0.5, 0.6) is 0 Å². The Labute approximate surface area is 194 Å². The Balaban J connectivity index is -0.0000000950. The third-order valence-corrected chi connectivity index (χ3v) is 2.75. The number of rotatable bonds is 12. The molecule has 0 aromatic rings. The summed E-state index contributed by atoms with van der Waals surface area (Å²) in [6, 6.07) is 0. The second kappa shape index (κ2) is 34.6. The van der Waals surface area contributed by atoms with E-state index in [-0.39, 0.29) is 37.8 Å². The van der Waals surface area contributed by atoms with Crippen LogP contribution < -0.4 is 10.2 Å². The van der Waals surface area contributed by atoms with Crippen LogP contribution in [-0.2, 0) is 45.4 Å². The molecule has 29 heavy (non-hydrogen) atoms. The number of hydrogen-bond donors (Lipinski definition) is 2. The summed E-state index contributed by atoms with van der Waals surface area (Å²) in [7, 11) is 0. The van der Waals surface area contributed by atoms with Gasteiger partial charge in [0.05, 0.1) is 0 Å². The maximum atomic E-state index is 10.6. The number of aliphatic hydroxyl groups excluding tert-OH is 2. The molecule has 0 spiro atoms. The zero-order valence-corrected chi connectivity index (χ0v) is 20.8. The summed E-state index contributed by atoms with van der Waals surface area (Å²) in [5.41, 5.74) is 0. The fourth-order valence-electron chi connectivity index (χ4n) is 1.25. The Bertz CT molecular complexity index is 347. The van der Waals surface area contributed by atoms with Crippen LogP contribution in [0, 0.1) is 0 Å². The van der Waals surface area contributed by atoms with Crippen LogP contribution in [-0.4, -0.2) is 46.9 Å². The second-order valence-electron chi connectivity index (χ2n) is 5.83. The molecule has 170 valence electrons. The second-order valence-corrected chi connectivity index (χ2v) is 5.83. The van der Waals surface area contributed by atoms with Gasteiger partial charge in [0.1, 0.15) is 11.6 Å². The fourth-order valence-corrected chi connectivity index (χ4v) is 1.25. The summed E-state index contributed by atoms with van der Waals surface area (Å²) in [6.45, 7) is 8.40. The predicted octanol–water partition coefficient (Wildman–Crippen LogP) is 0.546. The van der Waals surface area contributed by atoms with Crippen molar-refractivity contribution in [2.24, 2.45) is 0 Å². The molecule has 0 rings (SSSR count). The third-order valence-electron chi connectivity index (χ3n) is 2.75. The monoisotopic (exact) mass is 496 g/mol. The average Bonchev–Trinajstić information content (AvgIpc) is 2.64. The predicted molar refractivity (Wildman–Crippen MR) is 103 cm³/mol. The van der Waals surface area contributed by atoms with Crippen molar-refractivity contribution in [2.45, 2.75) is 91.9 Å². The van der Waals surface area contributed by atoms with Gasteiger partial charge in [-0.25, -0.2) is 0 Å². The van der Waals surface area contributed by atoms with Crippen LogP contribution in [0.4, 0.5) is 0 Å². The van der Waals surface area contributed by atoms with E-state index in [1.165, 1.54) is 0 Å². The molecule has 0 aromatic carbocycles. The van der Waals surface area contributed by atoms with Crippen LogP contribution in [0.25, 0.3) is 0 Å². The van der Waals surface area contributed by atoms with Crippen LogP contribution >= 0.6 is 0 Å². The number of aliphatic carboxylic acids is 2. The maximum Gasteiger partial charge on any atom is 2.00 e. The topological polar surface area (TPSA) is 155 Å². The van der Waals surface area contributed by atoms with Gasteiger partial charge in [-0.3, -0.25) is 9.59 Å². The molecule has 0 bridgehead atoms. The molecule has 0 unspecified atom stereocenters. The molecule has 9 heteroatoms. The molecule has 0 saturated carbocycles. The van der Waals surface area contributed by atoms with E-state index in [1.807, 2.05) is 27.7 Å². The number of hydrogen-bond acceptors (Lipinski definition) is 8. The molecule has 0 amide bonds. The van der Waals surface area contributed by atoms with E-state index in [1.54, 1.807) is 0 Å². The zero-order chi connectivity index (χ0) is 22.8. The molecule has 0 radical (unpaired) electrons.